The lowest BCUT2D eigenvalue weighted by molar-refractivity contribution is 0.523. The Morgan fingerprint density at radius 3 is 2.61 bits per heavy atom. The minimum absolute atomic E-state index is 0.728. The van der Waals surface area contributed by atoms with E-state index in [1.54, 1.807) is 6.20 Å². The number of pyridine rings is 1. The van der Waals surface area contributed by atoms with Gasteiger partial charge < -0.3 is 11.1 Å². The molecule has 0 atom stereocenters. The van der Waals surface area contributed by atoms with Gasteiger partial charge in [-0.1, -0.05) is 39.5 Å². The molecule has 0 amide bonds. The van der Waals surface area contributed by atoms with E-state index in [2.05, 4.69) is 24.1 Å². The molecular formula is C15H27N3. The van der Waals surface area contributed by atoms with Crippen molar-refractivity contribution < 1.29 is 0 Å². The zero-order chi connectivity index (χ0) is 13.4. The van der Waals surface area contributed by atoms with Gasteiger partial charge in [0.2, 0.25) is 0 Å². The van der Waals surface area contributed by atoms with E-state index < -0.39 is 0 Å². The predicted molar refractivity (Wildman–Crippen MR) is 79.8 cm³/mol. The second-order valence-electron chi connectivity index (χ2n) is 5.46. The lowest BCUT2D eigenvalue weighted by Crippen LogP contribution is -2.05. The first-order chi connectivity index (χ1) is 8.59. The highest BCUT2D eigenvalue weighted by Gasteiger charge is 1.99. The quantitative estimate of drug-likeness (QED) is 0.685. The summed E-state index contributed by atoms with van der Waals surface area (Å²) in [5, 5.41) is 3.37. The Morgan fingerprint density at radius 1 is 1.22 bits per heavy atom. The van der Waals surface area contributed by atoms with Crippen molar-refractivity contribution in [1.29, 1.82) is 0 Å². The Hall–Kier alpha value is -1.25. The molecule has 102 valence electrons. The van der Waals surface area contributed by atoms with Crippen LogP contribution >= 0.6 is 0 Å². The van der Waals surface area contributed by atoms with Crippen LogP contribution in [0.25, 0.3) is 0 Å². The average molecular weight is 249 g/mol. The molecule has 0 saturated carbocycles. The zero-order valence-corrected chi connectivity index (χ0v) is 12.0. The monoisotopic (exact) mass is 249 g/mol. The number of aryl methyl sites for hydroxylation is 1. The lowest BCUT2D eigenvalue weighted by atomic mass is 10.0. The summed E-state index contributed by atoms with van der Waals surface area (Å²) in [6, 6.07) is 1.96. The van der Waals surface area contributed by atoms with E-state index in [0.29, 0.717) is 0 Å². The van der Waals surface area contributed by atoms with Gasteiger partial charge in [-0.2, -0.15) is 0 Å². The molecule has 3 N–H and O–H groups in total. The fraction of sp³-hybridized carbons (Fsp3) is 0.667. The molecule has 0 aromatic carbocycles. The summed E-state index contributed by atoms with van der Waals surface area (Å²) in [4.78, 5) is 4.30. The topological polar surface area (TPSA) is 50.9 Å². The lowest BCUT2D eigenvalue weighted by Gasteiger charge is -2.09. The number of nitrogens with two attached hydrogens (primary N) is 1. The van der Waals surface area contributed by atoms with E-state index >= 15 is 0 Å². The van der Waals surface area contributed by atoms with E-state index in [9.17, 15) is 0 Å². The maximum Gasteiger partial charge on any atom is 0.128 e. The largest absolute Gasteiger partial charge is 0.397 e. The van der Waals surface area contributed by atoms with Gasteiger partial charge in [-0.25, -0.2) is 4.98 Å². The van der Waals surface area contributed by atoms with Crippen LogP contribution in [0.15, 0.2) is 12.3 Å². The number of nitrogens with zero attached hydrogens (tertiary/aromatic N) is 1. The number of unbranched alkanes of at least 4 members (excludes halogenated alkanes) is 3. The van der Waals surface area contributed by atoms with Gasteiger partial charge in [0.1, 0.15) is 5.82 Å². The average Bonchev–Trinajstić information content (AvgIpc) is 2.30. The SMILES string of the molecule is Cc1cc(N)cnc1NCCCCCCC(C)C. The Balaban J connectivity index is 2.11. The standard InChI is InChI=1S/C15H27N3/c1-12(2)8-6-4-5-7-9-17-15-13(3)10-14(16)11-18-15/h10-12H,4-9,16H2,1-3H3,(H,17,18). The molecule has 0 bridgehead atoms. The van der Waals surface area contributed by atoms with Gasteiger partial charge in [-0.05, 0) is 30.9 Å². The highest BCUT2D eigenvalue weighted by atomic mass is 15.0. The second kappa shape index (κ2) is 7.96. The van der Waals surface area contributed by atoms with Crippen LogP contribution in [0.1, 0.15) is 51.5 Å². The molecule has 3 heteroatoms. The Kier molecular flexibility index (Phi) is 6.55. The molecule has 18 heavy (non-hydrogen) atoms. The minimum atomic E-state index is 0.728. The third-order valence-electron chi connectivity index (χ3n) is 3.10. The van der Waals surface area contributed by atoms with E-state index in [1.807, 2.05) is 13.0 Å². The van der Waals surface area contributed by atoms with Crippen molar-refractivity contribution >= 4 is 11.5 Å². The highest BCUT2D eigenvalue weighted by molar-refractivity contribution is 5.50. The van der Waals surface area contributed by atoms with Crippen molar-refractivity contribution in [3.8, 4) is 0 Å². The maximum absolute atomic E-state index is 5.67. The maximum atomic E-state index is 5.67. The van der Waals surface area contributed by atoms with Crippen LogP contribution in [-0.2, 0) is 0 Å². The van der Waals surface area contributed by atoms with Crippen LogP contribution in [-0.4, -0.2) is 11.5 Å². The van der Waals surface area contributed by atoms with Gasteiger partial charge in [0.25, 0.3) is 0 Å². The first-order valence-corrected chi connectivity index (χ1v) is 7.05. The molecule has 0 radical (unpaired) electrons. The number of nitrogen functional groups attached to an aromatic ring is 1. The van der Waals surface area contributed by atoms with E-state index in [1.165, 1.54) is 32.1 Å². The van der Waals surface area contributed by atoms with E-state index in [4.69, 9.17) is 5.73 Å². The number of nitrogens with one attached hydrogen (secondary N) is 1. The van der Waals surface area contributed by atoms with Gasteiger partial charge in [0.15, 0.2) is 0 Å². The number of hydrogen-bond acceptors (Lipinski definition) is 3. The van der Waals surface area contributed by atoms with Crippen LogP contribution in [0.3, 0.4) is 0 Å². The molecule has 0 saturated heterocycles. The number of aromatic nitrogens is 1. The predicted octanol–water partition coefficient (Wildman–Crippen LogP) is 3.99. The third-order valence-corrected chi connectivity index (χ3v) is 3.10. The Morgan fingerprint density at radius 2 is 1.94 bits per heavy atom. The fourth-order valence-electron chi connectivity index (χ4n) is 2.02. The van der Waals surface area contributed by atoms with Gasteiger partial charge in [-0.15, -0.1) is 0 Å². The van der Waals surface area contributed by atoms with Gasteiger partial charge >= 0.3 is 0 Å². The molecule has 0 fully saturated rings. The number of anilines is 2. The molecule has 0 spiro atoms. The summed E-state index contributed by atoms with van der Waals surface area (Å²) in [5.74, 6) is 1.80. The van der Waals surface area contributed by atoms with Crippen LogP contribution in [0.2, 0.25) is 0 Å². The zero-order valence-electron chi connectivity index (χ0n) is 12.0. The molecule has 1 aromatic rings. The Labute approximate surface area is 111 Å². The van der Waals surface area contributed by atoms with Crippen molar-refractivity contribution in [1.82, 2.24) is 4.98 Å². The van der Waals surface area contributed by atoms with Gasteiger partial charge in [0, 0.05) is 6.54 Å². The minimum Gasteiger partial charge on any atom is -0.397 e. The summed E-state index contributed by atoms with van der Waals surface area (Å²) in [6.45, 7) is 7.61. The molecule has 3 nitrogen and oxygen atoms in total. The summed E-state index contributed by atoms with van der Waals surface area (Å²) in [5.41, 5.74) is 7.52. The van der Waals surface area contributed by atoms with Crippen molar-refractivity contribution in [2.75, 3.05) is 17.6 Å². The smallest absolute Gasteiger partial charge is 0.128 e. The second-order valence-corrected chi connectivity index (χ2v) is 5.46. The molecule has 1 aromatic heterocycles. The van der Waals surface area contributed by atoms with Crippen LogP contribution < -0.4 is 11.1 Å². The fourth-order valence-corrected chi connectivity index (χ4v) is 2.02. The van der Waals surface area contributed by atoms with Crippen molar-refractivity contribution in [3.05, 3.63) is 17.8 Å². The normalized spacial score (nSPS) is 10.9. The summed E-state index contributed by atoms with van der Waals surface area (Å²) in [7, 11) is 0. The summed E-state index contributed by atoms with van der Waals surface area (Å²) >= 11 is 0. The number of hydrogen-bond donors (Lipinski definition) is 2. The van der Waals surface area contributed by atoms with E-state index in [0.717, 1.165) is 29.5 Å². The molecule has 1 rings (SSSR count). The van der Waals surface area contributed by atoms with Gasteiger partial charge in [0.05, 0.1) is 11.9 Å². The van der Waals surface area contributed by atoms with Crippen LogP contribution in [0.4, 0.5) is 11.5 Å². The van der Waals surface area contributed by atoms with E-state index in [-0.39, 0.29) is 0 Å². The van der Waals surface area contributed by atoms with Crippen molar-refractivity contribution in [3.63, 3.8) is 0 Å². The van der Waals surface area contributed by atoms with Gasteiger partial charge in [-0.3, -0.25) is 0 Å². The first-order valence-electron chi connectivity index (χ1n) is 7.05. The molecule has 1 heterocycles. The van der Waals surface area contributed by atoms with Crippen LogP contribution in [0, 0.1) is 12.8 Å². The molecule has 0 unspecified atom stereocenters. The number of rotatable bonds is 8. The summed E-state index contributed by atoms with van der Waals surface area (Å²) in [6.07, 6.45) is 8.27. The van der Waals surface area contributed by atoms with Crippen molar-refractivity contribution in [2.24, 2.45) is 5.92 Å². The summed E-state index contributed by atoms with van der Waals surface area (Å²) < 4.78 is 0. The molecular weight excluding hydrogens is 222 g/mol. The molecule has 0 aliphatic rings. The van der Waals surface area contributed by atoms with Crippen LogP contribution in [0.5, 0.6) is 0 Å². The van der Waals surface area contributed by atoms with Crippen molar-refractivity contribution in [2.45, 2.75) is 52.9 Å². The third kappa shape index (κ3) is 5.89. The first kappa shape index (κ1) is 14.8. The Bertz CT molecular complexity index is 348. The molecule has 0 aliphatic carbocycles. The highest BCUT2D eigenvalue weighted by Crippen LogP contribution is 2.14. The molecule has 0 aliphatic heterocycles.